The molecule has 3 aromatic heterocycles. The van der Waals surface area contributed by atoms with Crippen molar-refractivity contribution in [1.29, 1.82) is 0 Å². The molecule has 3 heterocycles. The van der Waals surface area contributed by atoms with E-state index in [4.69, 9.17) is 0 Å². The van der Waals surface area contributed by atoms with Gasteiger partial charge in [0, 0.05) is 24.5 Å². The van der Waals surface area contributed by atoms with E-state index in [1.807, 2.05) is 66.4 Å². The van der Waals surface area contributed by atoms with Crippen LogP contribution in [-0.4, -0.2) is 24.7 Å². The molecule has 5 heteroatoms. The van der Waals surface area contributed by atoms with Crippen molar-refractivity contribution in [1.82, 2.24) is 18.9 Å². The number of carbonyl (C=O) groups excluding carboxylic acids is 1. The smallest absolute Gasteiger partial charge is 0.137 e. The third-order valence-electron chi connectivity index (χ3n) is 4.25. The first-order valence-electron chi connectivity index (χ1n) is 9.42. The molecule has 0 amide bonds. The topological polar surface area (TPSA) is 52.2 Å². The highest BCUT2D eigenvalue weighted by molar-refractivity contribution is 5.78. The molecule has 4 aromatic rings. The van der Waals surface area contributed by atoms with Gasteiger partial charge >= 0.3 is 0 Å². The van der Waals surface area contributed by atoms with Gasteiger partial charge in [0.25, 0.3) is 0 Å². The zero-order chi connectivity index (χ0) is 20.8. The quantitative estimate of drug-likeness (QED) is 0.494. The summed E-state index contributed by atoms with van der Waals surface area (Å²) in [7, 11) is 0. The molecule has 0 radical (unpaired) electrons. The molecular formula is C24H24N4O. The molecule has 0 unspecified atom stereocenters. The normalized spacial score (nSPS) is 10.1. The molecule has 1 aromatic carbocycles. The maximum atomic E-state index is 11.2. The fourth-order valence-corrected chi connectivity index (χ4v) is 3.09. The van der Waals surface area contributed by atoms with Gasteiger partial charge in [0.15, 0.2) is 0 Å². The Morgan fingerprint density at radius 3 is 2.66 bits per heavy atom. The van der Waals surface area contributed by atoms with Crippen molar-refractivity contribution in [3.8, 4) is 17.5 Å². The van der Waals surface area contributed by atoms with Crippen molar-refractivity contribution in [2.75, 3.05) is 0 Å². The van der Waals surface area contributed by atoms with Crippen LogP contribution in [-0.2, 0) is 11.2 Å². The highest BCUT2D eigenvalue weighted by Crippen LogP contribution is 2.15. The number of benzene rings is 1. The molecule has 29 heavy (non-hydrogen) atoms. The molecule has 0 bridgehead atoms. The number of nitrogens with zero attached hydrogens (tertiary/aromatic N) is 4. The van der Waals surface area contributed by atoms with E-state index >= 15 is 0 Å². The van der Waals surface area contributed by atoms with Crippen LogP contribution in [0.4, 0.5) is 0 Å². The van der Waals surface area contributed by atoms with Gasteiger partial charge < -0.3 is 4.57 Å². The number of pyridine rings is 1. The van der Waals surface area contributed by atoms with Gasteiger partial charge in [-0.05, 0) is 69.0 Å². The van der Waals surface area contributed by atoms with Gasteiger partial charge in [-0.1, -0.05) is 18.1 Å². The van der Waals surface area contributed by atoms with Gasteiger partial charge in [0.2, 0.25) is 0 Å². The minimum Gasteiger partial charge on any atom is -0.306 e. The molecule has 0 N–H and O–H groups in total. The number of carbonyl (C=O) groups is 1. The number of imidazole rings is 2. The summed E-state index contributed by atoms with van der Waals surface area (Å²) < 4.78 is 3.95. The molecule has 0 saturated heterocycles. The maximum absolute atomic E-state index is 11.2. The molecule has 0 fully saturated rings. The molecule has 146 valence electrons. The van der Waals surface area contributed by atoms with E-state index in [1.165, 1.54) is 0 Å². The van der Waals surface area contributed by atoms with Crippen LogP contribution in [0.1, 0.15) is 36.4 Å². The van der Waals surface area contributed by atoms with Crippen LogP contribution >= 0.6 is 0 Å². The van der Waals surface area contributed by atoms with E-state index in [0.29, 0.717) is 6.42 Å². The second kappa shape index (κ2) is 9.03. The van der Waals surface area contributed by atoms with E-state index < -0.39 is 0 Å². The number of Topliss-reactive ketones (excluding diaryl/α,β-unsaturated/α-hetero) is 1. The van der Waals surface area contributed by atoms with Crippen molar-refractivity contribution in [2.45, 2.75) is 34.1 Å². The summed E-state index contributed by atoms with van der Waals surface area (Å²) in [4.78, 5) is 19.6. The summed E-state index contributed by atoms with van der Waals surface area (Å²) in [5, 5.41) is 0. The minimum absolute atomic E-state index is 0.184. The van der Waals surface area contributed by atoms with Crippen molar-refractivity contribution >= 4 is 11.4 Å². The molecule has 5 nitrogen and oxygen atoms in total. The summed E-state index contributed by atoms with van der Waals surface area (Å²) in [5.41, 5.74) is 6.13. The van der Waals surface area contributed by atoms with Crippen LogP contribution < -0.4 is 0 Å². The minimum atomic E-state index is 0.184. The highest BCUT2D eigenvalue weighted by atomic mass is 16.1. The Bertz CT molecular complexity index is 1200. The Labute approximate surface area is 171 Å². The second-order valence-corrected chi connectivity index (χ2v) is 6.93. The molecule has 0 aliphatic carbocycles. The second-order valence-electron chi connectivity index (χ2n) is 6.93. The lowest BCUT2D eigenvalue weighted by molar-refractivity contribution is -0.116. The van der Waals surface area contributed by atoms with Crippen LogP contribution in [0.5, 0.6) is 0 Å². The average Bonchev–Trinajstić information content (AvgIpc) is 3.28. The number of fused-ring (bicyclic) bond motifs is 1. The largest absolute Gasteiger partial charge is 0.306 e. The lowest BCUT2D eigenvalue weighted by atomic mass is 10.1. The maximum Gasteiger partial charge on any atom is 0.137 e. The highest BCUT2D eigenvalue weighted by Gasteiger charge is 2.04. The predicted octanol–water partition coefficient (Wildman–Crippen LogP) is 4.33. The van der Waals surface area contributed by atoms with E-state index in [0.717, 1.165) is 33.8 Å². The van der Waals surface area contributed by atoms with E-state index in [2.05, 4.69) is 33.9 Å². The summed E-state index contributed by atoms with van der Waals surface area (Å²) in [5.74, 6) is 6.02. The summed E-state index contributed by atoms with van der Waals surface area (Å²) >= 11 is 0. The number of ketones is 1. The Morgan fingerprint density at radius 2 is 1.97 bits per heavy atom. The third kappa shape index (κ3) is 5.20. The Morgan fingerprint density at radius 1 is 1.14 bits per heavy atom. The predicted molar refractivity (Wildman–Crippen MR) is 115 cm³/mol. The van der Waals surface area contributed by atoms with E-state index in [-0.39, 0.29) is 5.78 Å². The number of rotatable bonds is 3. The Kier molecular flexibility index (Phi) is 6.25. The van der Waals surface area contributed by atoms with Crippen LogP contribution in [0.3, 0.4) is 0 Å². The number of aryl methyl sites for hydroxylation is 2. The van der Waals surface area contributed by atoms with Gasteiger partial charge in [-0.3, -0.25) is 9.20 Å². The fraction of sp³-hybridized carbons (Fsp3) is 0.208. The molecule has 0 atom stereocenters. The number of hydrogen-bond acceptors (Lipinski definition) is 3. The lowest BCUT2D eigenvalue weighted by Crippen LogP contribution is -1.99. The zero-order valence-corrected chi connectivity index (χ0v) is 17.2. The zero-order valence-electron chi connectivity index (χ0n) is 17.2. The number of hydrogen-bond donors (Lipinski definition) is 0. The molecular weight excluding hydrogens is 360 g/mol. The Balaban J connectivity index is 0.000000176. The fourth-order valence-electron chi connectivity index (χ4n) is 3.09. The van der Waals surface area contributed by atoms with Crippen LogP contribution in [0.2, 0.25) is 0 Å². The molecule has 4 rings (SSSR count). The van der Waals surface area contributed by atoms with Crippen LogP contribution in [0.25, 0.3) is 11.3 Å². The summed E-state index contributed by atoms with van der Waals surface area (Å²) in [6.07, 6.45) is 8.00. The molecule has 0 saturated carbocycles. The first-order valence-corrected chi connectivity index (χ1v) is 9.42. The van der Waals surface area contributed by atoms with Crippen LogP contribution in [0.15, 0.2) is 61.3 Å². The van der Waals surface area contributed by atoms with Gasteiger partial charge in [-0.25, -0.2) is 9.97 Å². The van der Waals surface area contributed by atoms with Crippen molar-refractivity contribution in [3.05, 3.63) is 83.8 Å². The molecule has 0 spiro atoms. The monoisotopic (exact) mass is 384 g/mol. The number of aromatic nitrogens is 4. The van der Waals surface area contributed by atoms with Gasteiger partial charge in [0.1, 0.15) is 17.1 Å². The Hall–Kier alpha value is -3.65. The van der Waals surface area contributed by atoms with Crippen molar-refractivity contribution < 1.29 is 4.79 Å². The van der Waals surface area contributed by atoms with Crippen LogP contribution in [0, 0.1) is 25.7 Å². The first-order chi connectivity index (χ1) is 14.0. The molecule has 0 aliphatic heterocycles. The van der Waals surface area contributed by atoms with Gasteiger partial charge in [-0.2, -0.15) is 0 Å². The molecule has 0 aliphatic rings. The van der Waals surface area contributed by atoms with Gasteiger partial charge in [-0.15, -0.1) is 0 Å². The van der Waals surface area contributed by atoms with E-state index in [9.17, 15) is 4.79 Å². The van der Waals surface area contributed by atoms with Crippen molar-refractivity contribution in [3.63, 3.8) is 0 Å². The SMILES string of the molecule is CC#Cc1cnc2ccccn12.CC(=O)Cc1cc(C)cc(-n2cnc(C)c2)c1. The summed E-state index contributed by atoms with van der Waals surface area (Å²) in [6.45, 7) is 7.44. The average molecular weight is 384 g/mol. The third-order valence-corrected chi connectivity index (χ3v) is 4.25. The van der Waals surface area contributed by atoms with Gasteiger partial charge in [0.05, 0.1) is 18.2 Å². The standard InChI is InChI=1S/C14H16N2O.C10H8N2/c1-10-4-13(6-12(3)17)7-14(5-10)16-8-11(2)15-9-16;1-2-5-9-8-11-10-6-3-4-7-12(9)10/h4-5,7-9H,6H2,1-3H3;3-4,6-8H,1H3. The van der Waals surface area contributed by atoms with E-state index in [1.54, 1.807) is 19.4 Å². The lowest BCUT2D eigenvalue weighted by Gasteiger charge is -2.07. The van der Waals surface area contributed by atoms with Crippen molar-refractivity contribution in [2.24, 2.45) is 0 Å². The first kappa shape index (κ1) is 20.1. The summed E-state index contributed by atoms with van der Waals surface area (Å²) in [6, 6.07) is 12.1.